The predicted molar refractivity (Wildman–Crippen MR) is 59.4 cm³/mol. The molecule has 1 atom stereocenters. The Labute approximate surface area is 86.7 Å². The minimum atomic E-state index is 0.596. The second-order valence-electron chi connectivity index (χ2n) is 3.82. The second kappa shape index (κ2) is 6.66. The molecule has 2 heteroatoms. The smallest absolute Gasteiger partial charge is 0.0935 e. The summed E-state index contributed by atoms with van der Waals surface area (Å²) in [5.74, 6) is 0. The Kier molecular flexibility index (Phi) is 5.38. The molecule has 1 N–H and O–H groups in total. The van der Waals surface area contributed by atoms with Gasteiger partial charge in [-0.2, -0.15) is 0 Å². The SMILES string of the molecule is CCCCCC(Cc1ccoc1)NC. The van der Waals surface area contributed by atoms with Crippen molar-refractivity contribution in [2.45, 2.75) is 45.1 Å². The van der Waals surface area contributed by atoms with E-state index in [0.29, 0.717) is 6.04 Å². The molecule has 0 saturated carbocycles. The summed E-state index contributed by atoms with van der Waals surface area (Å²) in [6.07, 6.45) is 9.87. The zero-order valence-corrected chi connectivity index (χ0v) is 9.25. The van der Waals surface area contributed by atoms with E-state index in [1.165, 1.54) is 31.2 Å². The minimum absolute atomic E-state index is 0.596. The van der Waals surface area contributed by atoms with E-state index in [9.17, 15) is 0 Å². The van der Waals surface area contributed by atoms with Gasteiger partial charge in [-0.15, -0.1) is 0 Å². The van der Waals surface area contributed by atoms with Gasteiger partial charge in [0.05, 0.1) is 12.5 Å². The summed E-state index contributed by atoms with van der Waals surface area (Å²) in [5, 5.41) is 3.36. The fourth-order valence-corrected chi connectivity index (χ4v) is 1.68. The topological polar surface area (TPSA) is 25.2 Å². The molecular weight excluding hydrogens is 174 g/mol. The molecule has 0 spiro atoms. The van der Waals surface area contributed by atoms with E-state index in [1.54, 1.807) is 6.26 Å². The van der Waals surface area contributed by atoms with E-state index >= 15 is 0 Å². The van der Waals surface area contributed by atoms with E-state index in [0.717, 1.165) is 6.42 Å². The Balaban J connectivity index is 2.24. The van der Waals surface area contributed by atoms with Crippen molar-refractivity contribution in [1.29, 1.82) is 0 Å². The molecule has 0 fully saturated rings. The Hall–Kier alpha value is -0.760. The van der Waals surface area contributed by atoms with Crippen LogP contribution in [0.1, 0.15) is 38.2 Å². The molecule has 80 valence electrons. The third-order valence-electron chi connectivity index (χ3n) is 2.63. The lowest BCUT2D eigenvalue weighted by atomic mass is 10.0. The van der Waals surface area contributed by atoms with E-state index in [2.05, 4.69) is 12.2 Å². The number of furan rings is 1. The molecular formula is C12H21NO. The number of rotatable bonds is 7. The van der Waals surface area contributed by atoms with Crippen LogP contribution in [0, 0.1) is 0 Å². The largest absolute Gasteiger partial charge is 0.472 e. The summed E-state index contributed by atoms with van der Waals surface area (Å²) in [6, 6.07) is 2.64. The summed E-state index contributed by atoms with van der Waals surface area (Å²) >= 11 is 0. The number of unbranched alkanes of at least 4 members (excludes halogenated alkanes) is 2. The molecule has 0 amide bonds. The van der Waals surface area contributed by atoms with Gasteiger partial charge < -0.3 is 9.73 Å². The van der Waals surface area contributed by atoms with Gasteiger partial charge in [0, 0.05) is 6.04 Å². The predicted octanol–water partition coefficient (Wildman–Crippen LogP) is 2.99. The molecule has 14 heavy (non-hydrogen) atoms. The van der Waals surface area contributed by atoms with Crippen molar-refractivity contribution < 1.29 is 4.42 Å². The van der Waals surface area contributed by atoms with E-state index in [1.807, 2.05) is 19.4 Å². The van der Waals surface area contributed by atoms with Crippen LogP contribution in [0.4, 0.5) is 0 Å². The average molecular weight is 195 g/mol. The first-order valence-electron chi connectivity index (χ1n) is 5.55. The van der Waals surface area contributed by atoms with Gasteiger partial charge in [0.1, 0.15) is 0 Å². The maximum absolute atomic E-state index is 5.06. The summed E-state index contributed by atoms with van der Waals surface area (Å²) in [5.41, 5.74) is 1.29. The standard InChI is InChI=1S/C12H21NO/c1-3-4-5-6-12(13-2)9-11-7-8-14-10-11/h7-8,10,12-13H,3-6,9H2,1-2H3. The maximum Gasteiger partial charge on any atom is 0.0935 e. The number of likely N-dealkylation sites (N-methyl/N-ethyl adjacent to an activating group) is 1. The van der Waals surface area contributed by atoms with Gasteiger partial charge in [-0.25, -0.2) is 0 Å². The van der Waals surface area contributed by atoms with E-state index < -0.39 is 0 Å². The molecule has 0 radical (unpaired) electrons. The van der Waals surface area contributed by atoms with Gasteiger partial charge in [0.15, 0.2) is 0 Å². The molecule has 0 aliphatic rings. The molecule has 0 bridgehead atoms. The van der Waals surface area contributed by atoms with Crippen molar-refractivity contribution in [2.75, 3.05) is 7.05 Å². The van der Waals surface area contributed by atoms with Crippen molar-refractivity contribution >= 4 is 0 Å². The summed E-state index contributed by atoms with van der Waals surface area (Å²) in [7, 11) is 2.04. The monoisotopic (exact) mass is 195 g/mol. The van der Waals surface area contributed by atoms with Crippen LogP contribution in [0.25, 0.3) is 0 Å². The van der Waals surface area contributed by atoms with Crippen LogP contribution < -0.4 is 5.32 Å². The highest BCUT2D eigenvalue weighted by molar-refractivity contribution is 5.07. The average Bonchev–Trinajstić information content (AvgIpc) is 2.69. The molecule has 0 saturated heterocycles. The third-order valence-corrected chi connectivity index (χ3v) is 2.63. The van der Waals surface area contributed by atoms with Crippen LogP contribution in [0.5, 0.6) is 0 Å². The minimum Gasteiger partial charge on any atom is -0.472 e. The molecule has 1 unspecified atom stereocenters. The highest BCUT2D eigenvalue weighted by Crippen LogP contribution is 2.09. The van der Waals surface area contributed by atoms with Gasteiger partial charge in [-0.05, 0) is 31.5 Å². The molecule has 1 rings (SSSR count). The molecule has 1 aromatic heterocycles. The van der Waals surface area contributed by atoms with E-state index in [4.69, 9.17) is 4.42 Å². The van der Waals surface area contributed by atoms with Crippen LogP contribution in [-0.4, -0.2) is 13.1 Å². The molecule has 2 nitrogen and oxygen atoms in total. The lowest BCUT2D eigenvalue weighted by molar-refractivity contribution is 0.486. The van der Waals surface area contributed by atoms with Crippen molar-refractivity contribution in [3.63, 3.8) is 0 Å². The zero-order chi connectivity index (χ0) is 10.2. The van der Waals surface area contributed by atoms with Gasteiger partial charge in [-0.3, -0.25) is 0 Å². The van der Waals surface area contributed by atoms with Crippen molar-refractivity contribution in [2.24, 2.45) is 0 Å². The maximum atomic E-state index is 5.06. The Morgan fingerprint density at radius 1 is 1.43 bits per heavy atom. The zero-order valence-electron chi connectivity index (χ0n) is 9.25. The van der Waals surface area contributed by atoms with Crippen LogP contribution in [-0.2, 0) is 6.42 Å². The molecule has 1 heterocycles. The van der Waals surface area contributed by atoms with Gasteiger partial charge in [0.25, 0.3) is 0 Å². The van der Waals surface area contributed by atoms with Crippen LogP contribution in [0.3, 0.4) is 0 Å². The quantitative estimate of drug-likeness (QED) is 0.677. The first-order valence-corrected chi connectivity index (χ1v) is 5.55. The molecule has 0 aliphatic carbocycles. The first kappa shape index (κ1) is 11.3. The third kappa shape index (κ3) is 3.97. The van der Waals surface area contributed by atoms with Crippen molar-refractivity contribution in [3.05, 3.63) is 24.2 Å². The Morgan fingerprint density at radius 2 is 2.29 bits per heavy atom. The van der Waals surface area contributed by atoms with Crippen LogP contribution in [0.2, 0.25) is 0 Å². The lowest BCUT2D eigenvalue weighted by Gasteiger charge is -2.14. The number of hydrogen-bond donors (Lipinski definition) is 1. The highest BCUT2D eigenvalue weighted by atomic mass is 16.3. The number of hydrogen-bond acceptors (Lipinski definition) is 2. The normalized spacial score (nSPS) is 13.0. The second-order valence-corrected chi connectivity index (χ2v) is 3.82. The molecule has 0 aliphatic heterocycles. The van der Waals surface area contributed by atoms with E-state index in [-0.39, 0.29) is 0 Å². The Bertz CT molecular complexity index is 218. The van der Waals surface area contributed by atoms with Crippen molar-refractivity contribution in [1.82, 2.24) is 5.32 Å². The van der Waals surface area contributed by atoms with Gasteiger partial charge in [-0.1, -0.05) is 26.2 Å². The van der Waals surface area contributed by atoms with Gasteiger partial charge >= 0.3 is 0 Å². The molecule has 0 aromatic carbocycles. The van der Waals surface area contributed by atoms with Crippen LogP contribution in [0.15, 0.2) is 23.0 Å². The molecule has 1 aromatic rings. The lowest BCUT2D eigenvalue weighted by Crippen LogP contribution is -2.27. The summed E-state index contributed by atoms with van der Waals surface area (Å²) in [4.78, 5) is 0. The Morgan fingerprint density at radius 3 is 2.86 bits per heavy atom. The summed E-state index contributed by atoms with van der Waals surface area (Å²) < 4.78 is 5.06. The number of nitrogens with one attached hydrogen (secondary N) is 1. The first-order chi connectivity index (χ1) is 6.86. The van der Waals surface area contributed by atoms with Crippen LogP contribution >= 0.6 is 0 Å². The highest BCUT2D eigenvalue weighted by Gasteiger charge is 2.07. The van der Waals surface area contributed by atoms with Crippen molar-refractivity contribution in [3.8, 4) is 0 Å². The van der Waals surface area contributed by atoms with Gasteiger partial charge in [0.2, 0.25) is 0 Å². The summed E-state index contributed by atoms with van der Waals surface area (Å²) in [6.45, 7) is 2.24. The fraction of sp³-hybridized carbons (Fsp3) is 0.667. The fourth-order valence-electron chi connectivity index (χ4n) is 1.68.